The number of nitrogens with zero attached hydrogens (tertiary/aromatic N) is 3. The van der Waals surface area contributed by atoms with Crippen molar-refractivity contribution in [2.24, 2.45) is 5.92 Å². The van der Waals surface area contributed by atoms with Gasteiger partial charge in [-0.3, -0.25) is 0 Å². The summed E-state index contributed by atoms with van der Waals surface area (Å²) in [5.74, 6) is 1.46. The van der Waals surface area contributed by atoms with Gasteiger partial charge in [0.2, 0.25) is 0 Å². The third-order valence-corrected chi connectivity index (χ3v) is 2.90. The van der Waals surface area contributed by atoms with Crippen LogP contribution in [0.2, 0.25) is 5.15 Å². The van der Waals surface area contributed by atoms with Crippen LogP contribution in [0.4, 0.5) is 5.82 Å². The van der Waals surface area contributed by atoms with E-state index in [9.17, 15) is 0 Å². The molecule has 0 aliphatic heterocycles. The van der Waals surface area contributed by atoms with Crippen LogP contribution in [0.25, 0.3) is 0 Å². The highest BCUT2D eigenvalue weighted by molar-refractivity contribution is 6.31. The minimum absolute atomic E-state index is 0.495. The zero-order valence-electron chi connectivity index (χ0n) is 10.7. The minimum Gasteiger partial charge on any atom is -0.357 e. The van der Waals surface area contributed by atoms with Crippen molar-refractivity contribution in [1.82, 2.24) is 9.97 Å². The molecule has 0 aliphatic carbocycles. The molecule has 0 fully saturated rings. The number of rotatable bonds is 4. The summed E-state index contributed by atoms with van der Waals surface area (Å²) in [5.41, 5.74) is 1.84. The molecule has 0 radical (unpaired) electrons. The predicted molar refractivity (Wildman–Crippen MR) is 69.2 cm³/mol. The molecule has 0 spiro atoms. The van der Waals surface area contributed by atoms with Gasteiger partial charge in [0.15, 0.2) is 11.0 Å². The molecule has 0 N–H and O–H groups in total. The first-order valence-corrected chi connectivity index (χ1v) is 6.01. The molecule has 0 amide bonds. The Morgan fingerprint density at radius 1 is 1.19 bits per heavy atom. The maximum absolute atomic E-state index is 6.10. The molecule has 0 aromatic carbocycles. The summed E-state index contributed by atoms with van der Waals surface area (Å²) in [6, 6.07) is 0. The van der Waals surface area contributed by atoms with E-state index in [2.05, 4.69) is 28.7 Å². The predicted octanol–water partition coefficient (Wildman–Crippen LogP) is 3.23. The van der Waals surface area contributed by atoms with Gasteiger partial charge in [-0.05, 0) is 26.2 Å². The van der Waals surface area contributed by atoms with Crippen LogP contribution >= 0.6 is 11.6 Å². The Bertz CT molecular complexity index is 364. The van der Waals surface area contributed by atoms with E-state index < -0.39 is 0 Å². The smallest absolute Gasteiger partial charge is 0.171 e. The van der Waals surface area contributed by atoms with E-state index in [4.69, 9.17) is 11.6 Å². The lowest BCUT2D eigenvalue weighted by Gasteiger charge is -2.20. The van der Waals surface area contributed by atoms with E-state index in [1.54, 1.807) is 0 Å². The first-order valence-electron chi connectivity index (χ1n) is 5.63. The fourth-order valence-corrected chi connectivity index (χ4v) is 1.68. The highest BCUT2D eigenvalue weighted by Gasteiger charge is 2.11. The quantitative estimate of drug-likeness (QED) is 0.811. The maximum atomic E-state index is 6.10. The van der Waals surface area contributed by atoms with Gasteiger partial charge in [0, 0.05) is 13.6 Å². The van der Waals surface area contributed by atoms with Gasteiger partial charge in [-0.25, -0.2) is 9.97 Å². The lowest BCUT2D eigenvalue weighted by atomic mass is 10.1. The summed E-state index contributed by atoms with van der Waals surface area (Å²) in [4.78, 5) is 10.8. The van der Waals surface area contributed by atoms with Gasteiger partial charge in [-0.1, -0.05) is 25.4 Å². The Morgan fingerprint density at radius 2 is 1.75 bits per heavy atom. The topological polar surface area (TPSA) is 29.0 Å². The number of hydrogen-bond donors (Lipinski definition) is 0. The summed E-state index contributed by atoms with van der Waals surface area (Å²) >= 11 is 6.10. The highest BCUT2D eigenvalue weighted by atomic mass is 35.5. The summed E-state index contributed by atoms with van der Waals surface area (Å²) < 4.78 is 0. The summed E-state index contributed by atoms with van der Waals surface area (Å²) in [7, 11) is 2.01. The molecule has 16 heavy (non-hydrogen) atoms. The van der Waals surface area contributed by atoms with Gasteiger partial charge in [0.25, 0.3) is 0 Å². The molecule has 1 aromatic heterocycles. The molecule has 0 aliphatic rings. The fraction of sp³-hybridized carbons (Fsp3) is 0.667. The molecule has 3 nitrogen and oxygen atoms in total. The molecule has 0 atom stereocenters. The van der Waals surface area contributed by atoms with Crippen LogP contribution < -0.4 is 4.90 Å². The SMILES string of the molecule is Cc1nc(Cl)c(N(C)CCC(C)C)nc1C. The van der Waals surface area contributed by atoms with Crippen LogP contribution in [-0.2, 0) is 0 Å². The maximum Gasteiger partial charge on any atom is 0.171 e. The van der Waals surface area contributed by atoms with E-state index in [0.717, 1.165) is 30.2 Å². The Labute approximate surface area is 103 Å². The number of halogens is 1. The summed E-state index contributed by atoms with van der Waals surface area (Å²) in [6.07, 6.45) is 1.13. The first-order chi connectivity index (χ1) is 7.41. The standard InChI is InChI=1S/C12H20ClN3/c1-8(2)6-7-16(5)12-11(13)14-9(3)10(4)15-12/h8H,6-7H2,1-5H3. The largest absolute Gasteiger partial charge is 0.357 e. The van der Waals surface area contributed by atoms with E-state index in [-0.39, 0.29) is 0 Å². The summed E-state index contributed by atoms with van der Waals surface area (Å²) in [6.45, 7) is 9.25. The second-order valence-corrected chi connectivity index (χ2v) is 4.97. The third kappa shape index (κ3) is 3.34. The zero-order valence-corrected chi connectivity index (χ0v) is 11.5. The van der Waals surface area contributed by atoms with Gasteiger partial charge in [0.05, 0.1) is 11.4 Å². The Morgan fingerprint density at radius 3 is 2.31 bits per heavy atom. The fourth-order valence-electron chi connectivity index (χ4n) is 1.36. The van der Waals surface area contributed by atoms with Gasteiger partial charge < -0.3 is 4.90 Å². The van der Waals surface area contributed by atoms with E-state index in [1.165, 1.54) is 0 Å². The van der Waals surface area contributed by atoms with Gasteiger partial charge in [-0.15, -0.1) is 0 Å². The van der Waals surface area contributed by atoms with Crippen molar-refractivity contribution >= 4 is 17.4 Å². The van der Waals surface area contributed by atoms with E-state index in [0.29, 0.717) is 11.1 Å². The summed E-state index contributed by atoms with van der Waals surface area (Å²) in [5, 5.41) is 0.495. The zero-order chi connectivity index (χ0) is 12.3. The number of hydrogen-bond acceptors (Lipinski definition) is 3. The molecule has 0 unspecified atom stereocenters. The van der Waals surface area contributed by atoms with Crippen LogP contribution in [0.1, 0.15) is 31.7 Å². The second kappa shape index (κ2) is 5.48. The van der Waals surface area contributed by atoms with Crippen molar-refractivity contribution < 1.29 is 0 Å². The molecule has 1 rings (SSSR count). The van der Waals surface area contributed by atoms with Gasteiger partial charge >= 0.3 is 0 Å². The van der Waals surface area contributed by atoms with Crippen molar-refractivity contribution in [3.63, 3.8) is 0 Å². The molecular formula is C12H20ClN3. The van der Waals surface area contributed by atoms with Crippen molar-refractivity contribution in [2.45, 2.75) is 34.1 Å². The van der Waals surface area contributed by atoms with Gasteiger partial charge in [0.1, 0.15) is 0 Å². The molecule has 0 bridgehead atoms. The molecule has 1 heterocycles. The first kappa shape index (κ1) is 13.2. The number of aryl methyl sites for hydroxylation is 2. The normalized spacial score (nSPS) is 10.9. The van der Waals surface area contributed by atoms with Gasteiger partial charge in [-0.2, -0.15) is 0 Å². The monoisotopic (exact) mass is 241 g/mol. The van der Waals surface area contributed by atoms with E-state index >= 15 is 0 Å². The molecule has 90 valence electrons. The number of aromatic nitrogens is 2. The highest BCUT2D eigenvalue weighted by Crippen LogP contribution is 2.22. The van der Waals surface area contributed by atoms with Crippen molar-refractivity contribution in [1.29, 1.82) is 0 Å². The van der Waals surface area contributed by atoms with Crippen molar-refractivity contribution in [3.8, 4) is 0 Å². The lowest BCUT2D eigenvalue weighted by molar-refractivity contribution is 0.583. The molecule has 0 saturated carbocycles. The Hall–Kier alpha value is -0.830. The van der Waals surface area contributed by atoms with Crippen LogP contribution in [0.15, 0.2) is 0 Å². The Kier molecular flexibility index (Phi) is 4.54. The van der Waals surface area contributed by atoms with Crippen LogP contribution in [0.3, 0.4) is 0 Å². The molecular weight excluding hydrogens is 222 g/mol. The molecule has 0 saturated heterocycles. The van der Waals surface area contributed by atoms with Crippen molar-refractivity contribution in [2.75, 3.05) is 18.5 Å². The average molecular weight is 242 g/mol. The van der Waals surface area contributed by atoms with Crippen LogP contribution in [0, 0.1) is 19.8 Å². The van der Waals surface area contributed by atoms with Crippen LogP contribution in [0.5, 0.6) is 0 Å². The Balaban J connectivity index is 2.82. The number of anilines is 1. The van der Waals surface area contributed by atoms with Crippen molar-refractivity contribution in [3.05, 3.63) is 16.5 Å². The molecule has 1 aromatic rings. The van der Waals surface area contributed by atoms with E-state index in [1.807, 2.05) is 20.9 Å². The average Bonchev–Trinajstić information content (AvgIpc) is 2.20. The lowest BCUT2D eigenvalue weighted by Crippen LogP contribution is -2.22. The minimum atomic E-state index is 0.495. The third-order valence-electron chi connectivity index (χ3n) is 2.65. The second-order valence-electron chi connectivity index (χ2n) is 4.61. The van der Waals surface area contributed by atoms with Crippen LogP contribution in [-0.4, -0.2) is 23.6 Å². The molecule has 4 heteroatoms.